The van der Waals surface area contributed by atoms with Crippen LogP contribution in [-0.2, 0) is 9.47 Å². The van der Waals surface area contributed by atoms with E-state index < -0.39 is 29.4 Å². The molecule has 0 aliphatic carbocycles. The summed E-state index contributed by atoms with van der Waals surface area (Å²) in [6.45, 7) is 13.8. The highest BCUT2D eigenvalue weighted by Crippen LogP contribution is 2.20. The Morgan fingerprint density at radius 2 is 1.43 bits per heavy atom. The van der Waals surface area contributed by atoms with Crippen molar-refractivity contribution in [2.45, 2.75) is 72.6 Å². The van der Waals surface area contributed by atoms with Crippen LogP contribution >= 0.6 is 0 Å². The first-order valence-corrected chi connectivity index (χ1v) is 7.54. The third kappa shape index (κ3) is 8.30. The monoisotopic (exact) mass is 328 g/mol. The molecule has 132 valence electrons. The van der Waals surface area contributed by atoms with Crippen LogP contribution in [-0.4, -0.2) is 40.9 Å². The maximum atomic E-state index is 12.5. The van der Waals surface area contributed by atoms with Crippen LogP contribution in [0.4, 0.5) is 9.59 Å². The summed E-state index contributed by atoms with van der Waals surface area (Å²) < 4.78 is 10.6. The highest BCUT2D eigenvalue weighted by molar-refractivity contribution is 5.88. The van der Waals surface area contributed by atoms with E-state index in [2.05, 4.69) is 10.0 Å². The number of hydrogen-bond acceptors (Lipinski definition) is 5. The first-order valence-electron chi connectivity index (χ1n) is 7.54. The van der Waals surface area contributed by atoms with Crippen LogP contribution in [0.5, 0.6) is 0 Å². The number of carbonyl (C=O) groups is 2. The van der Waals surface area contributed by atoms with Gasteiger partial charge in [-0.3, -0.25) is 0 Å². The lowest BCUT2D eigenvalue weighted by Crippen LogP contribution is -2.52. The molecule has 0 rings (SSSR count). The molecule has 23 heavy (non-hydrogen) atoms. The smallest absolute Gasteiger partial charge is 0.420 e. The lowest BCUT2D eigenvalue weighted by molar-refractivity contribution is -0.0107. The molecule has 0 spiro atoms. The number of amides is 2. The van der Waals surface area contributed by atoms with Gasteiger partial charge in [-0.05, 0) is 53.0 Å². The molecule has 8 heteroatoms. The Bertz CT molecular complexity index is 443. The van der Waals surface area contributed by atoms with Crippen molar-refractivity contribution in [1.82, 2.24) is 4.90 Å². The molecule has 0 saturated carbocycles. The number of nitrogens with zero attached hydrogens (tertiary/aromatic N) is 4. The zero-order chi connectivity index (χ0) is 18.4. The Kier molecular flexibility index (Phi) is 7.37. The van der Waals surface area contributed by atoms with Gasteiger partial charge in [-0.25, -0.2) is 14.5 Å². The second-order valence-electron chi connectivity index (χ2n) is 7.56. The third-order valence-electron chi connectivity index (χ3n) is 2.61. The summed E-state index contributed by atoms with van der Waals surface area (Å²) >= 11 is 0. The molecule has 0 saturated heterocycles. The van der Waals surface area contributed by atoms with E-state index in [9.17, 15) is 9.59 Å². The van der Waals surface area contributed by atoms with Crippen LogP contribution in [0, 0.1) is 5.92 Å². The van der Waals surface area contributed by atoms with Crippen molar-refractivity contribution in [3.8, 4) is 0 Å². The van der Waals surface area contributed by atoms with Crippen LogP contribution in [0.3, 0.4) is 0 Å². The lowest BCUT2D eigenvalue weighted by atomic mass is 10.0. The molecule has 0 radical (unpaired) electrons. The first kappa shape index (κ1) is 21.0. The molecule has 8 nitrogen and oxygen atoms in total. The predicted molar refractivity (Wildman–Crippen MR) is 86.9 cm³/mol. The van der Waals surface area contributed by atoms with Gasteiger partial charge in [-0.15, -0.1) is 0 Å². The number of ether oxygens (including phenoxy) is 2. The van der Waals surface area contributed by atoms with Crippen LogP contribution in [0.15, 0.2) is 5.11 Å². The highest BCUT2D eigenvalue weighted by atomic mass is 16.6. The zero-order valence-electron chi connectivity index (χ0n) is 15.3. The molecular weight excluding hydrogens is 300 g/mol. The predicted octanol–water partition coefficient (Wildman–Crippen LogP) is 4.49. The second kappa shape index (κ2) is 8.06. The normalized spacial score (nSPS) is 13.1. The SMILES string of the molecule is CC(C)[C@@H](CN=[N+]=[N-])N(C(=O)OC(C)(C)C)C(=O)OC(C)(C)C. The minimum atomic E-state index is -0.821. The van der Waals surface area contributed by atoms with Crippen LogP contribution in [0.1, 0.15) is 55.4 Å². The van der Waals surface area contributed by atoms with Crippen LogP contribution < -0.4 is 0 Å². The van der Waals surface area contributed by atoms with Gasteiger partial charge in [0, 0.05) is 11.5 Å². The van der Waals surface area contributed by atoms with E-state index in [-0.39, 0.29) is 12.5 Å². The van der Waals surface area contributed by atoms with E-state index >= 15 is 0 Å². The molecule has 0 aromatic rings. The maximum absolute atomic E-state index is 12.5. The van der Waals surface area contributed by atoms with Gasteiger partial charge in [0.25, 0.3) is 0 Å². The summed E-state index contributed by atoms with van der Waals surface area (Å²) in [5, 5.41) is 3.50. The fourth-order valence-electron chi connectivity index (χ4n) is 1.68. The highest BCUT2D eigenvalue weighted by Gasteiger charge is 2.37. The van der Waals surface area contributed by atoms with Gasteiger partial charge in [0.15, 0.2) is 0 Å². The average Bonchev–Trinajstić information content (AvgIpc) is 2.28. The van der Waals surface area contributed by atoms with Crippen molar-refractivity contribution in [1.29, 1.82) is 0 Å². The van der Waals surface area contributed by atoms with Gasteiger partial charge in [0.05, 0.1) is 6.04 Å². The zero-order valence-corrected chi connectivity index (χ0v) is 15.3. The van der Waals surface area contributed by atoms with Crippen molar-refractivity contribution < 1.29 is 19.1 Å². The molecule has 0 aliphatic heterocycles. The molecule has 0 bridgehead atoms. The minimum Gasteiger partial charge on any atom is -0.443 e. The number of hydrogen-bond donors (Lipinski definition) is 0. The first-order chi connectivity index (χ1) is 10.3. The largest absolute Gasteiger partial charge is 0.443 e. The van der Waals surface area contributed by atoms with Crippen LogP contribution in [0.2, 0.25) is 0 Å². The summed E-state index contributed by atoms with van der Waals surface area (Å²) in [7, 11) is 0. The molecule has 0 aliphatic rings. The van der Waals surface area contributed by atoms with Crippen molar-refractivity contribution in [2.75, 3.05) is 6.54 Å². The molecule has 0 aromatic heterocycles. The van der Waals surface area contributed by atoms with Crippen molar-refractivity contribution in [2.24, 2.45) is 11.0 Å². The molecule has 2 amide bonds. The standard InChI is InChI=1S/C15H28N4O4/c1-10(2)11(9-17-18-16)19(12(20)22-14(3,4)5)13(21)23-15(6,7)8/h10-11H,9H2,1-8H3/t11-/m1/s1. The Balaban J connectivity index is 5.61. The molecule has 0 unspecified atom stereocenters. The van der Waals surface area contributed by atoms with Crippen molar-refractivity contribution in [3.05, 3.63) is 10.4 Å². The van der Waals surface area contributed by atoms with E-state index in [0.29, 0.717) is 0 Å². The summed E-state index contributed by atoms with van der Waals surface area (Å²) in [6, 6.07) is -0.657. The Labute approximate surface area is 137 Å². The van der Waals surface area contributed by atoms with Gasteiger partial charge in [-0.1, -0.05) is 19.0 Å². The molecule has 1 atom stereocenters. The topological polar surface area (TPSA) is 105 Å². The van der Waals surface area contributed by atoms with Gasteiger partial charge in [0.2, 0.25) is 0 Å². The fraction of sp³-hybridized carbons (Fsp3) is 0.867. The maximum Gasteiger partial charge on any atom is 0.420 e. The molecule has 0 N–H and O–H groups in total. The molecular formula is C15H28N4O4. The van der Waals surface area contributed by atoms with E-state index in [1.165, 1.54) is 0 Å². The summed E-state index contributed by atoms with van der Waals surface area (Å²) in [5.74, 6) is -0.138. The Morgan fingerprint density at radius 3 is 1.70 bits per heavy atom. The fourth-order valence-corrected chi connectivity index (χ4v) is 1.68. The van der Waals surface area contributed by atoms with E-state index in [1.807, 2.05) is 13.8 Å². The third-order valence-corrected chi connectivity index (χ3v) is 2.61. The van der Waals surface area contributed by atoms with Gasteiger partial charge < -0.3 is 9.47 Å². The van der Waals surface area contributed by atoms with E-state index in [1.54, 1.807) is 41.5 Å². The van der Waals surface area contributed by atoms with Crippen molar-refractivity contribution in [3.63, 3.8) is 0 Å². The summed E-state index contributed by atoms with van der Waals surface area (Å²) in [6.07, 6.45) is -1.64. The molecule has 0 heterocycles. The Morgan fingerprint density at radius 1 is 1.04 bits per heavy atom. The number of carbonyl (C=O) groups excluding carboxylic acids is 2. The second-order valence-corrected chi connectivity index (χ2v) is 7.56. The van der Waals surface area contributed by atoms with Gasteiger partial charge in [-0.2, -0.15) is 0 Å². The van der Waals surface area contributed by atoms with Crippen LogP contribution in [0.25, 0.3) is 10.4 Å². The van der Waals surface area contributed by atoms with Gasteiger partial charge >= 0.3 is 12.2 Å². The van der Waals surface area contributed by atoms with E-state index in [4.69, 9.17) is 15.0 Å². The number of azide groups is 1. The number of rotatable bonds is 4. The summed E-state index contributed by atoms with van der Waals surface area (Å²) in [4.78, 5) is 28.5. The minimum absolute atomic E-state index is 0.0490. The summed E-state index contributed by atoms with van der Waals surface area (Å²) in [5.41, 5.74) is 7.00. The molecule has 0 aromatic carbocycles. The average molecular weight is 328 g/mol. The van der Waals surface area contributed by atoms with Crippen molar-refractivity contribution >= 4 is 12.2 Å². The Hall–Kier alpha value is -1.95. The molecule has 0 fully saturated rings. The number of imide groups is 1. The quantitative estimate of drug-likeness (QED) is 0.430. The van der Waals surface area contributed by atoms with E-state index in [0.717, 1.165) is 4.90 Å². The van der Waals surface area contributed by atoms with Gasteiger partial charge in [0.1, 0.15) is 11.2 Å². The lowest BCUT2D eigenvalue weighted by Gasteiger charge is -2.34.